The number of methoxy groups -OCH3 is 2. The van der Waals surface area contributed by atoms with Crippen molar-refractivity contribution in [2.45, 2.75) is 58.2 Å². The molecule has 2 aliphatic heterocycles. The molecule has 2 aromatic carbocycles. The monoisotopic (exact) mass is 626 g/mol. The second kappa shape index (κ2) is 15.7. The van der Waals surface area contributed by atoms with Crippen molar-refractivity contribution in [2.24, 2.45) is 5.92 Å². The summed E-state index contributed by atoms with van der Waals surface area (Å²) in [5, 5.41) is 6.10. The third-order valence-electron chi connectivity index (χ3n) is 8.20. The molecule has 0 aromatic heterocycles. The summed E-state index contributed by atoms with van der Waals surface area (Å²) in [6.07, 6.45) is 2.29. The number of carbonyl (C=O) groups is 4. The number of nitrogens with zero attached hydrogens (tertiary/aromatic N) is 2. The quantitative estimate of drug-likeness (QED) is 0.450. The Labute approximate surface area is 263 Å². The minimum Gasteiger partial charge on any atom is -0.493 e. The number of benzene rings is 2. The smallest absolute Gasteiger partial charge is 0.343 e. The van der Waals surface area contributed by atoms with Gasteiger partial charge in [0.2, 0.25) is 11.8 Å². The molecule has 0 spiro atoms. The first kappa shape index (κ1) is 33.7. The number of amides is 3. The van der Waals surface area contributed by atoms with Crippen molar-refractivity contribution in [3.05, 3.63) is 58.9 Å². The van der Waals surface area contributed by atoms with Crippen LogP contribution in [0.1, 0.15) is 54.6 Å². The molecule has 4 rings (SSSR count). The van der Waals surface area contributed by atoms with E-state index in [1.54, 1.807) is 24.3 Å². The fourth-order valence-corrected chi connectivity index (χ4v) is 5.66. The molecule has 3 amide bonds. The van der Waals surface area contributed by atoms with E-state index in [1.807, 2.05) is 24.8 Å². The van der Waals surface area contributed by atoms with Gasteiger partial charge in [0.15, 0.2) is 18.1 Å². The molecule has 11 nitrogen and oxygen atoms in total. The average Bonchev–Trinajstić information content (AvgIpc) is 3.52. The standard InChI is InChI=1S/C33H43FN4O7/c1-21(2)26-18-37(17-23-10-12-28(29(16-23)43-3)45-20-31(40)44-4)19-30(39)35-13-5-7-22-9-11-25(34)24(15-22)33(42)38-14-6-8-27(38)32(41)36-26/h9-12,15-16,21,26-27H,5-8,13-14,17-20H2,1-4H3,(H,35,39)(H,36,41)/t26-,27-/m0/s1. The molecule has 2 aromatic rings. The summed E-state index contributed by atoms with van der Waals surface area (Å²) in [6, 6.07) is 8.74. The summed E-state index contributed by atoms with van der Waals surface area (Å²) in [5.74, 6) is -1.28. The Morgan fingerprint density at radius 2 is 1.87 bits per heavy atom. The Morgan fingerprint density at radius 3 is 2.60 bits per heavy atom. The molecule has 2 atom stereocenters. The lowest BCUT2D eigenvalue weighted by Crippen LogP contribution is -2.53. The van der Waals surface area contributed by atoms with Crippen molar-refractivity contribution in [3.8, 4) is 11.5 Å². The number of carbonyl (C=O) groups excluding carboxylic acids is 4. The highest BCUT2D eigenvalue weighted by atomic mass is 19.1. The summed E-state index contributed by atoms with van der Waals surface area (Å²) < 4.78 is 30.5. The molecule has 0 aliphatic carbocycles. The predicted molar refractivity (Wildman–Crippen MR) is 164 cm³/mol. The van der Waals surface area contributed by atoms with Crippen LogP contribution < -0.4 is 20.1 Å². The van der Waals surface area contributed by atoms with E-state index in [-0.39, 0.29) is 42.5 Å². The van der Waals surface area contributed by atoms with Crippen LogP contribution >= 0.6 is 0 Å². The predicted octanol–water partition coefficient (Wildman–Crippen LogP) is 2.70. The lowest BCUT2D eigenvalue weighted by atomic mass is 10.0. The van der Waals surface area contributed by atoms with Crippen molar-refractivity contribution < 1.29 is 37.8 Å². The van der Waals surface area contributed by atoms with E-state index >= 15 is 0 Å². The highest BCUT2D eigenvalue weighted by Crippen LogP contribution is 2.29. The van der Waals surface area contributed by atoms with Gasteiger partial charge < -0.3 is 29.7 Å². The second-order valence-electron chi connectivity index (χ2n) is 11.8. The number of nitrogens with one attached hydrogen (secondary N) is 2. The van der Waals surface area contributed by atoms with Gasteiger partial charge in [-0.25, -0.2) is 9.18 Å². The summed E-state index contributed by atoms with van der Waals surface area (Å²) in [4.78, 5) is 55.2. The molecule has 1 fully saturated rings. The summed E-state index contributed by atoms with van der Waals surface area (Å²) >= 11 is 0. The minimum atomic E-state index is -0.712. The molecular formula is C33H43FN4O7. The fraction of sp³-hybridized carbons (Fsp3) is 0.515. The molecular weight excluding hydrogens is 583 g/mol. The lowest BCUT2D eigenvalue weighted by Gasteiger charge is -2.32. The van der Waals surface area contributed by atoms with E-state index in [2.05, 4.69) is 15.4 Å². The van der Waals surface area contributed by atoms with Gasteiger partial charge in [-0.15, -0.1) is 0 Å². The number of rotatable bonds is 7. The lowest BCUT2D eigenvalue weighted by molar-refractivity contribution is -0.143. The van der Waals surface area contributed by atoms with Crippen LogP contribution in [0.4, 0.5) is 4.39 Å². The first-order chi connectivity index (χ1) is 21.6. The molecule has 45 heavy (non-hydrogen) atoms. The first-order valence-corrected chi connectivity index (χ1v) is 15.3. The van der Waals surface area contributed by atoms with E-state index in [1.165, 1.54) is 25.2 Å². The largest absolute Gasteiger partial charge is 0.493 e. The van der Waals surface area contributed by atoms with Gasteiger partial charge in [-0.3, -0.25) is 19.3 Å². The SMILES string of the molecule is COC(=O)COc1ccc(CN2CC(=O)NCCCc3ccc(F)c(c3)C(=O)N3CCC[C@H]3C(=O)N[C@H](C(C)C)C2)cc1OC. The van der Waals surface area contributed by atoms with Gasteiger partial charge in [-0.05, 0) is 67.0 Å². The fourth-order valence-electron chi connectivity index (χ4n) is 5.66. The van der Waals surface area contributed by atoms with Crippen molar-refractivity contribution in [1.29, 1.82) is 0 Å². The van der Waals surface area contributed by atoms with Gasteiger partial charge in [0.25, 0.3) is 5.91 Å². The Balaban J connectivity index is 1.58. The molecule has 1 saturated heterocycles. The maximum absolute atomic E-state index is 14.8. The normalized spacial score (nSPS) is 20.2. The number of aryl methyl sites for hydroxylation is 1. The Bertz CT molecular complexity index is 1380. The highest BCUT2D eigenvalue weighted by Gasteiger charge is 2.37. The molecule has 0 radical (unpaired) electrons. The van der Waals surface area contributed by atoms with Crippen LogP contribution in [0.2, 0.25) is 0 Å². The van der Waals surface area contributed by atoms with Gasteiger partial charge in [-0.2, -0.15) is 0 Å². The second-order valence-corrected chi connectivity index (χ2v) is 11.8. The van der Waals surface area contributed by atoms with Gasteiger partial charge in [0.05, 0.1) is 26.3 Å². The summed E-state index contributed by atoms with van der Waals surface area (Å²) in [6.45, 7) is 5.29. The van der Waals surface area contributed by atoms with Crippen LogP contribution in [0.5, 0.6) is 11.5 Å². The molecule has 2 aliphatic rings. The molecule has 2 bridgehead atoms. The Hall–Kier alpha value is -4.19. The minimum absolute atomic E-state index is 0.00455. The van der Waals surface area contributed by atoms with Gasteiger partial charge in [0, 0.05) is 32.2 Å². The van der Waals surface area contributed by atoms with E-state index in [0.29, 0.717) is 63.4 Å². The van der Waals surface area contributed by atoms with Crippen LogP contribution in [-0.2, 0) is 32.1 Å². The molecule has 2 heterocycles. The topological polar surface area (TPSA) is 127 Å². The van der Waals surface area contributed by atoms with Crippen LogP contribution in [-0.4, -0.2) is 92.6 Å². The van der Waals surface area contributed by atoms with E-state index in [9.17, 15) is 23.6 Å². The maximum Gasteiger partial charge on any atom is 0.343 e. The number of hydrogen-bond acceptors (Lipinski definition) is 8. The van der Waals surface area contributed by atoms with Gasteiger partial charge in [0.1, 0.15) is 11.9 Å². The number of esters is 1. The molecule has 12 heteroatoms. The van der Waals surface area contributed by atoms with Gasteiger partial charge >= 0.3 is 5.97 Å². The number of hydrogen-bond donors (Lipinski definition) is 2. The zero-order valence-electron chi connectivity index (χ0n) is 26.4. The molecule has 0 unspecified atom stereocenters. The van der Waals surface area contributed by atoms with Crippen LogP contribution in [0.25, 0.3) is 0 Å². The van der Waals surface area contributed by atoms with Crippen molar-refractivity contribution >= 4 is 23.7 Å². The van der Waals surface area contributed by atoms with Crippen LogP contribution in [0, 0.1) is 11.7 Å². The molecule has 244 valence electrons. The summed E-state index contributed by atoms with van der Waals surface area (Å²) in [5.41, 5.74) is 1.58. The highest BCUT2D eigenvalue weighted by molar-refractivity contribution is 5.98. The zero-order chi connectivity index (χ0) is 32.5. The van der Waals surface area contributed by atoms with E-state index < -0.39 is 23.7 Å². The van der Waals surface area contributed by atoms with E-state index in [0.717, 1.165) is 11.1 Å². The Kier molecular flexibility index (Phi) is 11.8. The van der Waals surface area contributed by atoms with Crippen LogP contribution in [0.15, 0.2) is 36.4 Å². The molecule has 2 N–H and O–H groups in total. The van der Waals surface area contributed by atoms with Crippen LogP contribution in [0.3, 0.4) is 0 Å². The third-order valence-corrected chi connectivity index (χ3v) is 8.20. The van der Waals surface area contributed by atoms with E-state index in [4.69, 9.17) is 9.47 Å². The number of fused-ring (bicyclic) bond motifs is 3. The summed E-state index contributed by atoms with van der Waals surface area (Å²) in [7, 11) is 2.78. The average molecular weight is 627 g/mol. The zero-order valence-corrected chi connectivity index (χ0v) is 26.4. The number of ether oxygens (including phenoxy) is 3. The van der Waals surface area contributed by atoms with Crippen molar-refractivity contribution in [3.63, 3.8) is 0 Å². The molecule has 0 saturated carbocycles. The number of halogens is 1. The van der Waals surface area contributed by atoms with Gasteiger partial charge in [-0.1, -0.05) is 26.0 Å². The Morgan fingerprint density at radius 1 is 1.07 bits per heavy atom. The first-order valence-electron chi connectivity index (χ1n) is 15.3. The third kappa shape index (κ3) is 8.93. The van der Waals surface area contributed by atoms with Crippen molar-refractivity contribution in [2.75, 3.05) is 47.0 Å². The maximum atomic E-state index is 14.8. The van der Waals surface area contributed by atoms with Crippen molar-refractivity contribution in [1.82, 2.24) is 20.4 Å².